The van der Waals surface area contributed by atoms with Gasteiger partial charge in [0.1, 0.15) is 5.82 Å². The number of carbonyl (C=O) groups is 2. The van der Waals surface area contributed by atoms with Crippen LogP contribution in [0.1, 0.15) is 19.0 Å². The highest BCUT2D eigenvalue weighted by Gasteiger charge is 2.27. The highest BCUT2D eigenvalue weighted by atomic mass is 35.5. The summed E-state index contributed by atoms with van der Waals surface area (Å²) in [5.74, 6) is 1.06. The minimum Gasteiger partial charge on any atom is -0.370 e. The van der Waals surface area contributed by atoms with Crippen LogP contribution in [0.2, 0.25) is 5.02 Å². The van der Waals surface area contributed by atoms with Crippen molar-refractivity contribution in [2.24, 2.45) is 0 Å². The van der Waals surface area contributed by atoms with Crippen molar-refractivity contribution in [1.82, 2.24) is 9.88 Å². The minimum absolute atomic E-state index is 0.128. The fraction of sp³-hybridized carbons (Fsp3) is 0.417. The molecule has 7 heteroatoms. The first kappa shape index (κ1) is 14.1. The third kappa shape index (κ3) is 3.39. The van der Waals surface area contributed by atoms with E-state index in [1.807, 2.05) is 6.92 Å². The van der Waals surface area contributed by atoms with Crippen LogP contribution in [0.4, 0.5) is 10.6 Å². The molecule has 0 saturated carbocycles. The summed E-state index contributed by atoms with van der Waals surface area (Å²) < 4.78 is 0. The number of nitrogens with zero attached hydrogens (tertiary/aromatic N) is 2. The SMILES string of the molecule is CCNc1ccc(Cl)c(CN2C(=O)CCSC2=O)n1. The zero-order valence-corrected chi connectivity index (χ0v) is 12.1. The second kappa shape index (κ2) is 6.25. The Morgan fingerprint density at radius 1 is 1.47 bits per heavy atom. The van der Waals surface area contributed by atoms with Crippen molar-refractivity contribution in [3.8, 4) is 0 Å². The van der Waals surface area contributed by atoms with Gasteiger partial charge in [-0.25, -0.2) is 4.98 Å². The maximum absolute atomic E-state index is 11.7. The largest absolute Gasteiger partial charge is 0.370 e. The number of nitrogens with one attached hydrogen (secondary N) is 1. The molecule has 0 aromatic carbocycles. The molecule has 0 spiro atoms. The number of halogens is 1. The van der Waals surface area contributed by atoms with Crippen LogP contribution in [-0.2, 0) is 11.3 Å². The number of carbonyl (C=O) groups excluding carboxylic acids is 2. The molecule has 0 unspecified atom stereocenters. The second-order valence-corrected chi connectivity index (χ2v) is 5.45. The van der Waals surface area contributed by atoms with Crippen molar-refractivity contribution >= 4 is 40.3 Å². The Labute approximate surface area is 120 Å². The Bertz CT molecular complexity index is 494. The van der Waals surface area contributed by atoms with Crippen LogP contribution in [0.15, 0.2) is 12.1 Å². The maximum atomic E-state index is 11.7. The lowest BCUT2D eigenvalue weighted by Crippen LogP contribution is -2.37. The molecule has 2 amide bonds. The first-order chi connectivity index (χ1) is 9.11. The van der Waals surface area contributed by atoms with E-state index in [2.05, 4.69) is 10.3 Å². The number of hydrogen-bond acceptors (Lipinski definition) is 5. The van der Waals surface area contributed by atoms with Crippen LogP contribution in [-0.4, -0.2) is 33.3 Å². The molecule has 1 aliphatic heterocycles. The van der Waals surface area contributed by atoms with E-state index in [0.29, 0.717) is 28.7 Å². The molecule has 0 atom stereocenters. The van der Waals surface area contributed by atoms with E-state index in [-0.39, 0.29) is 17.7 Å². The quantitative estimate of drug-likeness (QED) is 0.926. The molecule has 1 aromatic rings. The fourth-order valence-corrected chi connectivity index (χ4v) is 2.66. The molecule has 1 saturated heterocycles. The lowest BCUT2D eigenvalue weighted by molar-refractivity contribution is -0.128. The molecule has 0 aliphatic carbocycles. The number of anilines is 1. The normalized spacial score (nSPS) is 15.8. The zero-order valence-electron chi connectivity index (χ0n) is 10.5. The van der Waals surface area contributed by atoms with E-state index < -0.39 is 0 Å². The molecule has 2 heterocycles. The van der Waals surface area contributed by atoms with Gasteiger partial charge in [0.2, 0.25) is 5.91 Å². The summed E-state index contributed by atoms with van der Waals surface area (Å²) in [7, 11) is 0. The van der Waals surface area contributed by atoms with Gasteiger partial charge in [-0.05, 0) is 19.1 Å². The van der Waals surface area contributed by atoms with Crippen LogP contribution in [0.5, 0.6) is 0 Å². The van der Waals surface area contributed by atoms with E-state index in [1.165, 1.54) is 4.90 Å². The van der Waals surface area contributed by atoms with Crippen molar-refractivity contribution in [3.05, 3.63) is 22.8 Å². The van der Waals surface area contributed by atoms with Crippen molar-refractivity contribution < 1.29 is 9.59 Å². The zero-order chi connectivity index (χ0) is 13.8. The molecular formula is C12H14ClN3O2S. The number of pyridine rings is 1. The van der Waals surface area contributed by atoms with Gasteiger partial charge in [0.05, 0.1) is 17.3 Å². The summed E-state index contributed by atoms with van der Waals surface area (Å²) in [5, 5.41) is 3.29. The van der Waals surface area contributed by atoms with Crippen molar-refractivity contribution in [1.29, 1.82) is 0 Å². The van der Waals surface area contributed by atoms with Crippen molar-refractivity contribution in [2.75, 3.05) is 17.6 Å². The molecule has 102 valence electrons. The predicted octanol–water partition coefficient (Wildman–Crippen LogP) is 2.75. The van der Waals surface area contributed by atoms with Gasteiger partial charge < -0.3 is 5.32 Å². The first-order valence-electron chi connectivity index (χ1n) is 5.98. The van der Waals surface area contributed by atoms with E-state index in [4.69, 9.17) is 11.6 Å². The fourth-order valence-electron chi connectivity index (χ4n) is 1.72. The van der Waals surface area contributed by atoms with Crippen LogP contribution < -0.4 is 5.32 Å². The van der Waals surface area contributed by atoms with Crippen LogP contribution in [0.3, 0.4) is 0 Å². The van der Waals surface area contributed by atoms with Gasteiger partial charge in [-0.15, -0.1) is 0 Å². The first-order valence-corrected chi connectivity index (χ1v) is 7.34. The van der Waals surface area contributed by atoms with Crippen LogP contribution >= 0.6 is 23.4 Å². The van der Waals surface area contributed by atoms with Gasteiger partial charge in [-0.3, -0.25) is 14.5 Å². The highest BCUT2D eigenvalue weighted by molar-refractivity contribution is 8.13. The Morgan fingerprint density at radius 3 is 2.95 bits per heavy atom. The third-order valence-electron chi connectivity index (χ3n) is 2.65. The lowest BCUT2D eigenvalue weighted by atomic mass is 10.3. The molecule has 5 nitrogen and oxygen atoms in total. The Morgan fingerprint density at radius 2 is 2.26 bits per heavy atom. The lowest BCUT2D eigenvalue weighted by Gasteiger charge is -2.24. The van der Waals surface area contributed by atoms with Gasteiger partial charge in [-0.1, -0.05) is 23.4 Å². The number of imide groups is 1. The van der Waals surface area contributed by atoms with E-state index in [1.54, 1.807) is 12.1 Å². The standard InChI is InChI=1S/C12H14ClN3O2S/c1-2-14-10-4-3-8(13)9(15-10)7-16-11(17)5-6-19-12(16)18/h3-4H,2,5-7H2,1H3,(H,14,15). The van der Waals surface area contributed by atoms with Crippen LogP contribution in [0, 0.1) is 0 Å². The average Bonchev–Trinajstić information content (AvgIpc) is 2.38. The molecule has 1 fully saturated rings. The summed E-state index contributed by atoms with van der Waals surface area (Å²) in [5.41, 5.74) is 0.532. The summed E-state index contributed by atoms with van der Waals surface area (Å²) >= 11 is 7.21. The Balaban J connectivity index is 2.19. The average molecular weight is 300 g/mol. The van der Waals surface area contributed by atoms with E-state index >= 15 is 0 Å². The summed E-state index contributed by atoms with van der Waals surface area (Å²) in [6, 6.07) is 3.48. The predicted molar refractivity (Wildman–Crippen MR) is 76.4 cm³/mol. The molecular weight excluding hydrogens is 286 g/mol. The summed E-state index contributed by atoms with van der Waals surface area (Å²) in [6.07, 6.45) is 0.376. The molecule has 19 heavy (non-hydrogen) atoms. The molecule has 2 rings (SSSR count). The van der Waals surface area contributed by atoms with Gasteiger partial charge in [-0.2, -0.15) is 0 Å². The van der Waals surface area contributed by atoms with Gasteiger partial charge in [0.25, 0.3) is 5.24 Å². The smallest absolute Gasteiger partial charge is 0.288 e. The van der Waals surface area contributed by atoms with Crippen LogP contribution in [0.25, 0.3) is 0 Å². The third-order valence-corrected chi connectivity index (χ3v) is 3.87. The van der Waals surface area contributed by atoms with E-state index in [9.17, 15) is 9.59 Å². The van der Waals surface area contributed by atoms with E-state index in [0.717, 1.165) is 18.3 Å². The maximum Gasteiger partial charge on any atom is 0.288 e. The highest BCUT2D eigenvalue weighted by Crippen LogP contribution is 2.24. The summed E-state index contributed by atoms with van der Waals surface area (Å²) in [6.45, 7) is 2.83. The van der Waals surface area contributed by atoms with Crippen molar-refractivity contribution in [3.63, 3.8) is 0 Å². The van der Waals surface area contributed by atoms with Gasteiger partial charge in [0.15, 0.2) is 0 Å². The number of amides is 2. The number of rotatable bonds is 4. The Kier molecular flexibility index (Phi) is 4.66. The van der Waals surface area contributed by atoms with Gasteiger partial charge in [0, 0.05) is 18.7 Å². The molecule has 1 aliphatic rings. The summed E-state index contributed by atoms with van der Waals surface area (Å²) in [4.78, 5) is 29.0. The number of aromatic nitrogens is 1. The molecule has 0 bridgehead atoms. The van der Waals surface area contributed by atoms with Gasteiger partial charge >= 0.3 is 0 Å². The monoisotopic (exact) mass is 299 g/mol. The minimum atomic E-state index is -0.233. The number of thioether (sulfide) groups is 1. The Hall–Kier alpha value is -1.27. The molecule has 1 aromatic heterocycles. The topological polar surface area (TPSA) is 62.3 Å². The molecule has 0 radical (unpaired) electrons. The van der Waals surface area contributed by atoms with Crippen molar-refractivity contribution in [2.45, 2.75) is 19.9 Å². The molecule has 1 N–H and O–H groups in total. The second-order valence-electron chi connectivity index (χ2n) is 4.00. The number of hydrogen-bond donors (Lipinski definition) is 1.